The molecule has 1 aliphatic heterocycles. The van der Waals surface area contributed by atoms with Crippen LogP contribution < -0.4 is 0 Å². The number of carbonyl (C=O) groups is 1. The molecule has 0 fully saturated rings. The highest BCUT2D eigenvalue weighted by Crippen LogP contribution is 2.37. The zero-order valence-electron chi connectivity index (χ0n) is 9.89. The zero-order chi connectivity index (χ0) is 12.4. The highest BCUT2D eigenvalue weighted by atomic mass is 127. The predicted octanol–water partition coefficient (Wildman–Crippen LogP) is 3.29. The van der Waals surface area contributed by atoms with Crippen LogP contribution in [0.25, 0.3) is 0 Å². The number of aryl methyl sites for hydroxylation is 1. The Kier molecular flexibility index (Phi) is 4.32. The third-order valence-electron chi connectivity index (χ3n) is 3.13. The Morgan fingerprint density at radius 2 is 2.35 bits per heavy atom. The number of halogens is 1. The maximum atomic E-state index is 11.4. The van der Waals surface area contributed by atoms with Crippen molar-refractivity contribution in [3.63, 3.8) is 0 Å². The molecule has 3 nitrogen and oxygen atoms in total. The molecule has 0 amide bonds. The van der Waals surface area contributed by atoms with Gasteiger partial charge in [-0.3, -0.25) is 4.79 Å². The number of ketones is 1. The van der Waals surface area contributed by atoms with Crippen LogP contribution in [0.4, 0.5) is 0 Å². The predicted molar refractivity (Wildman–Crippen MR) is 79.9 cm³/mol. The smallest absolute Gasteiger partial charge is 0.156 e. The summed E-state index contributed by atoms with van der Waals surface area (Å²) in [5.74, 6) is 0.186. The van der Waals surface area contributed by atoms with Gasteiger partial charge >= 0.3 is 0 Å². The number of nitrogens with zero attached hydrogens (tertiary/aromatic N) is 2. The summed E-state index contributed by atoms with van der Waals surface area (Å²) in [6.45, 7) is 2.38. The fourth-order valence-corrected chi connectivity index (χ4v) is 3.85. The van der Waals surface area contributed by atoms with E-state index in [1.54, 1.807) is 16.0 Å². The highest BCUT2D eigenvalue weighted by molar-refractivity contribution is 14.2. The topological polar surface area (TPSA) is 25.2 Å². The van der Waals surface area contributed by atoms with Crippen molar-refractivity contribution in [2.24, 2.45) is 7.05 Å². The number of hydrogen-bond donors (Lipinski definition) is 0. The summed E-state index contributed by atoms with van der Waals surface area (Å²) in [5.41, 5.74) is 2.23. The second-order valence-electron chi connectivity index (χ2n) is 4.23. The van der Waals surface area contributed by atoms with E-state index in [9.17, 15) is 4.79 Å². The lowest BCUT2D eigenvalue weighted by Gasteiger charge is -2.32. The van der Waals surface area contributed by atoms with Gasteiger partial charge in [0.1, 0.15) is 0 Å². The molecule has 0 aliphatic carbocycles. The SMILES string of the molecule is CC(=O)C1=CCC(c2cccn2C)N(SI)C1. The highest BCUT2D eigenvalue weighted by Gasteiger charge is 2.27. The number of aromatic nitrogens is 1. The summed E-state index contributed by atoms with van der Waals surface area (Å²) in [6, 6.07) is 4.58. The Morgan fingerprint density at radius 1 is 1.59 bits per heavy atom. The van der Waals surface area contributed by atoms with Crippen LogP contribution in [0.15, 0.2) is 30.0 Å². The summed E-state index contributed by atoms with van der Waals surface area (Å²) >= 11 is 2.29. The average molecular weight is 362 g/mol. The molecule has 2 heterocycles. The molecule has 0 saturated heterocycles. The van der Waals surface area contributed by atoms with Crippen LogP contribution >= 0.6 is 30.3 Å². The number of Topliss-reactive ketones (excluding diaryl/α,β-unsaturated/α-hetero) is 1. The van der Waals surface area contributed by atoms with Crippen LogP contribution in [0, 0.1) is 0 Å². The van der Waals surface area contributed by atoms with Crippen molar-refractivity contribution >= 4 is 36.1 Å². The summed E-state index contributed by atoms with van der Waals surface area (Å²) in [5, 5.41) is 0. The molecule has 92 valence electrons. The van der Waals surface area contributed by atoms with Gasteiger partial charge in [-0.25, -0.2) is 4.31 Å². The fourth-order valence-electron chi connectivity index (χ4n) is 2.13. The Balaban J connectivity index is 2.25. The van der Waals surface area contributed by atoms with Gasteiger partial charge in [0.15, 0.2) is 5.78 Å². The maximum absolute atomic E-state index is 11.4. The van der Waals surface area contributed by atoms with Crippen molar-refractivity contribution in [3.05, 3.63) is 35.7 Å². The molecule has 1 aromatic rings. The van der Waals surface area contributed by atoms with Crippen molar-refractivity contribution in [2.45, 2.75) is 19.4 Å². The molecule has 0 N–H and O–H groups in total. The molecule has 5 heteroatoms. The second kappa shape index (κ2) is 5.58. The summed E-state index contributed by atoms with van der Waals surface area (Å²) < 4.78 is 4.42. The number of hydrogen-bond acceptors (Lipinski definition) is 3. The Bertz CT molecular complexity index is 455. The van der Waals surface area contributed by atoms with Crippen LogP contribution in [0.1, 0.15) is 25.1 Å². The lowest BCUT2D eigenvalue weighted by Crippen LogP contribution is -2.29. The Morgan fingerprint density at radius 3 is 2.88 bits per heavy atom. The van der Waals surface area contributed by atoms with Gasteiger partial charge in [-0.2, -0.15) is 0 Å². The largest absolute Gasteiger partial charge is 0.353 e. The van der Waals surface area contributed by atoms with Crippen molar-refractivity contribution < 1.29 is 4.79 Å². The molecular weight excluding hydrogens is 347 g/mol. The van der Waals surface area contributed by atoms with Gasteiger partial charge in [-0.05, 0) is 34.6 Å². The van der Waals surface area contributed by atoms with Gasteiger partial charge in [0.25, 0.3) is 0 Å². The van der Waals surface area contributed by atoms with E-state index in [0.717, 1.165) is 18.5 Å². The molecular formula is C12H15IN2OS. The molecule has 1 atom stereocenters. The summed E-state index contributed by atoms with van der Waals surface area (Å²) in [4.78, 5) is 11.4. The molecule has 1 aromatic heterocycles. The minimum absolute atomic E-state index is 0.186. The molecule has 0 saturated carbocycles. The molecule has 0 radical (unpaired) electrons. The first-order chi connectivity index (χ1) is 8.13. The van der Waals surface area contributed by atoms with Gasteiger partial charge in [0.2, 0.25) is 0 Å². The molecule has 2 rings (SSSR count). The van der Waals surface area contributed by atoms with Crippen molar-refractivity contribution in [1.82, 2.24) is 8.87 Å². The normalized spacial score (nSPS) is 21.4. The number of rotatable bonds is 3. The summed E-state index contributed by atoms with van der Waals surface area (Å²) in [6.07, 6.45) is 5.06. The lowest BCUT2D eigenvalue weighted by atomic mass is 10.0. The van der Waals surface area contributed by atoms with Crippen LogP contribution in [0.3, 0.4) is 0 Å². The van der Waals surface area contributed by atoms with E-state index in [4.69, 9.17) is 0 Å². The van der Waals surface area contributed by atoms with E-state index < -0.39 is 0 Å². The molecule has 0 spiro atoms. The fraction of sp³-hybridized carbons (Fsp3) is 0.417. The zero-order valence-corrected chi connectivity index (χ0v) is 12.9. The van der Waals surface area contributed by atoms with Crippen LogP contribution in [-0.2, 0) is 11.8 Å². The summed E-state index contributed by atoms with van der Waals surface area (Å²) in [7, 11) is 3.74. The molecule has 0 aromatic carbocycles. The molecule has 17 heavy (non-hydrogen) atoms. The van der Waals surface area contributed by atoms with E-state index in [0.29, 0.717) is 6.04 Å². The Hall–Kier alpha value is -0.270. The average Bonchev–Trinajstić information content (AvgIpc) is 2.74. The quantitative estimate of drug-likeness (QED) is 0.610. The molecule has 1 aliphatic rings. The van der Waals surface area contributed by atoms with Gasteiger partial charge in [-0.1, -0.05) is 6.08 Å². The minimum Gasteiger partial charge on any atom is -0.353 e. The lowest BCUT2D eigenvalue weighted by molar-refractivity contribution is -0.113. The van der Waals surface area contributed by atoms with E-state index in [1.807, 2.05) is 0 Å². The van der Waals surface area contributed by atoms with E-state index >= 15 is 0 Å². The first-order valence-corrected chi connectivity index (χ1v) is 8.81. The van der Waals surface area contributed by atoms with Crippen molar-refractivity contribution in [2.75, 3.05) is 6.54 Å². The first-order valence-electron chi connectivity index (χ1n) is 5.50. The minimum atomic E-state index is 0.186. The van der Waals surface area contributed by atoms with Gasteiger partial charge < -0.3 is 4.57 Å². The standard InChI is InChI=1S/C12H15IN2OS/c1-9(16)10-5-6-12(15(8-10)17-13)11-4-3-7-14(11)2/h3-5,7,12H,6,8H2,1-2H3. The third-order valence-corrected chi connectivity index (χ3v) is 5.21. The molecule has 0 bridgehead atoms. The molecule has 1 unspecified atom stereocenters. The first kappa shape index (κ1) is 13.2. The monoisotopic (exact) mass is 362 g/mol. The van der Waals surface area contributed by atoms with Gasteiger partial charge in [0.05, 0.1) is 6.04 Å². The Labute approximate surface area is 118 Å². The van der Waals surface area contributed by atoms with Gasteiger partial charge in [0, 0.05) is 52.3 Å². The third kappa shape index (κ3) is 2.77. The van der Waals surface area contributed by atoms with Gasteiger partial charge in [-0.15, -0.1) is 0 Å². The maximum Gasteiger partial charge on any atom is 0.156 e. The second-order valence-corrected chi connectivity index (χ2v) is 6.01. The number of carbonyl (C=O) groups excluding carboxylic acids is 1. The van der Waals surface area contributed by atoms with E-state index in [-0.39, 0.29) is 5.78 Å². The van der Waals surface area contributed by atoms with Crippen molar-refractivity contribution in [1.29, 1.82) is 0 Å². The van der Waals surface area contributed by atoms with Crippen LogP contribution in [-0.4, -0.2) is 21.2 Å². The van der Waals surface area contributed by atoms with Crippen LogP contribution in [0.2, 0.25) is 0 Å². The van der Waals surface area contributed by atoms with Crippen LogP contribution in [0.5, 0.6) is 0 Å². The van der Waals surface area contributed by atoms with E-state index in [1.165, 1.54) is 5.69 Å². The van der Waals surface area contributed by atoms with E-state index in [2.05, 4.69) is 61.5 Å². The van der Waals surface area contributed by atoms with Crippen molar-refractivity contribution in [3.8, 4) is 0 Å².